The van der Waals surface area contributed by atoms with Crippen LogP contribution < -0.4 is 5.73 Å². The number of aromatic nitrogens is 1. The van der Waals surface area contributed by atoms with E-state index in [4.69, 9.17) is 17.3 Å². The van der Waals surface area contributed by atoms with Gasteiger partial charge in [-0.05, 0) is 29.8 Å². The van der Waals surface area contributed by atoms with Crippen LogP contribution in [0.3, 0.4) is 0 Å². The molecule has 2 N–H and O–H groups in total. The van der Waals surface area contributed by atoms with Gasteiger partial charge in [-0.15, -0.1) is 0 Å². The number of hydrogen-bond acceptors (Lipinski definition) is 3. The molecule has 4 rings (SSSR count). The van der Waals surface area contributed by atoms with Crippen LogP contribution in [0.15, 0.2) is 82.6 Å². The van der Waals surface area contributed by atoms with Crippen molar-refractivity contribution in [3.05, 3.63) is 77.8 Å². The minimum Gasteiger partial charge on any atom is -0.399 e. The Balaban J connectivity index is 2.14. The van der Waals surface area contributed by atoms with E-state index >= 15 is 0 Å². The molecule has 0 amide bonds. The number of benzene rings is 3. The molecule has 0 aliphatic rings. The van der Waals surface area contributed by atoms with E-state index in [0.717, 1.165) is 11.1 Å². The Labute approximate surface area is 162 Å². The van der Waals surface area contributed by atoms with Crippen LogP contribution in [0, 0.1) is 0 Å². The van der Waals surface area contributed by atoms with Crippen molar-refractivity contribution < 1.29 is 8.42 Å². The fourth-order valence-electron chi connectivity index (χ4n) is 3.39. The fourth-order valence-corrected chi connectivity index (χ4v) is 5.62. The first-order valence-corrected chi connectivity index (χ1v) is 10.2. The molecule has 0 spiro atoms. The summed E-state index contributed by atoms with van der Waals surface area (Å²) in [6.07, 6.45) is 0. The highest BCUT2D eigenvalue weighted by molar-refractivity contribution is 7.92. The molecule has 4 aromatic rings. The Morgan fingerprint density at radius 3 is 2.33 bits per heavy atom. The molecule has 0 unspecified atom stereocenters. The minimum atomic E-state index is -3.91. The monoisotopic (exact) mass is 396 g/mol. The number of halogens is 1. The maximum absolute atomic E-state index is 13.7. The molecule has 6 heteroatoms. The van der Waals surface area contributed by atoms with Gasteiger partial charge in [0.05, 0.1) is 15.6 Å². The van der Waals surface area contributed by atoms with Crippen molar-refractivity contribution in [2.75, 3.05) is 5.73 Å². The predicted molar refractivity (Wildman–Crippen MR) is 110 cm³/mol. The highest BCUT2D eigenvalue weighted by Crippen LogP contribution is 2.41. The third-order valence-electron chi connectivity index (χ3n) is 4.62. The molecule has 3 aromatic carbocycles. The van der Waals surface area contributed by atoms with Crippen LogP contribution in [-0.4, -0.2) is 13.0 Å². The Hall–Kier alpha value is -2.76. The summed E-state index contributed by atoms with van der Waals surface area (Å²) >= 11 is 6.25. The first kappa shape index (κ1) is 17.6. The molecular weight excluding hydrogens is 380 g/mol. The van der Waals surface area contributed by atoms with Gasteiger partial charge in [-0.2, -0.15) is 0 Å². The standard InChI is InChI=1S/C21H17ClN2O2S/c1-24-18-10-6-5-9-16(18)21(20(24)14-7-3-2-4-8-14)27(25,26)19-13-15(23)11-12-17(19)22/h2-13H,23H2,1H3. The molecule has 0 bridgehead atoms. The molecular formula is C21H17ClN2O2S. The summed E-state index contributed by atoms with van der Waals surface area (Å²) in [5.74, 6) is 0. The smallest absolute Gasteiger partial charge is 0.210 e. The molecule has 0 atom stereocenters. The third-order valence-corrected chi connectivity index (χ3v) is 6.93. The number of rotatable bonds is 3. The number of aryl methyl sites for hydroxylation is 1. The summed E-state index contributed by atoms with van der Waals surface area (Å²) in [4.78, 5) is 0.247. The van der Waals surface area contributed by atoms with Crippen molar-refractivity contribution in [3.63, 3.8) is 0 Å². The summed E-state index contributed by atoms with van der Waals surface area (Å²) in [5, 5.41) is 0.800. The zero-order valence-electron chi connectivity index (χ0n) is 14.6. The summed E-state index contributed by atoms with van der Waals surface area (Å²) < 4.78 is 29.3. The van der Waals surface area contributed by atoms with Crippen molar-refractivity contribution >= 4 is 38.0 Å². The van der Waals surface area contributed by atoms with Crippen LogP contribution in [0.4, 0.5) is 5.69 Å². The van der Waals surface area contributed by atoms with Gasteiger partial charge >= 0.3 is 0 Å². The van der Waals surface area contributed by atoms with E-state index in [2.05, 4.69) is 0 Å². The van der Waals surface area contributed by atoms with Gasteiger partial charge < -0.3 is 10.3 Å². The SMILES string of the molecule is Cn1c(-c2ccccc2)c(S(=O)(=O)c2cc(N)ccc2Cl)c2ccccc21. The van der Waals surface area contributed by atoms with Crippen LogP contribution in [0.2, 0.25) is 5.02 Å². The Kier molecular flexibility index (Phi) is 4.21. The van der Waals surface area contributed by atoms with Gasteiger partial charge in [0.2, 0.25) is 9.84 Å². The number of fused-ring (bicyclic) bond motifs is 1. The first-order chi connectivity index (χ1) is 12.9. The lowest BCUT2D eigenvalue weighted by atomic mass is 10.1. The topological polar surface area (TPSA) is 65.1 Å². The van der Waals surface area contributed by atoms with Crippen LogP contribution in [0.25, 0.3) is 22.2 Å². The molecule has 0 saturated carbocycles. The zero-order valence-corrected chi connectivity index (χ0v) is 16.1. The van der Waals surface area contributed by atoms with E-state index in [1.807, 2.05) is 66.2 Å². The molecule has 136 valence electrons. The Morgan fingerprint density at radius 1 is 0.926 bits per heavy atom. The van der Waals surface area contributed by atoms with Gasteiger partial charge in [-0.3, -0.25) is 0 Å². The van der Waals surface area contributed by atoms with Crippen LogP contribution in [0.5, 0.6) is 0 Å². The lowest BCUT2D eigenvalue weighted by molar-refractivity contribution is 0.597. The number of hydrogen-bond donors (Lipinski definition) is 1. The van der Waals surface area contributed by atoms with Gasteiger partial charge in [-0.25, -0.2) is 8.42 Å². The largest absolute Gasteiger partial charge is 0.399 e. The van der Waals surface area contributed by atoms with Crippen molar-refractivity contribution in [1.29, 1.82) is 0 Å². The van der Waals surface area contributed by atoms with Gasteiger partial charge in [-0.1, -0.05) is 60.1 Å². The van der Waals surface area contributed by atoms with Crippen LogP contribution in [0.1, 0.15) is 0 Å². The second kappa shape index (κ2) is 6.44. The van der Waals surface area contributed by atoms with Gasteiger partial charge in [0.15, 0.2) is 0 Å². The molecule has 27 heavy (non-hydrogen) atoms. The van der Waals surface area contributed by atoms with Crippen molar-refractivity contribution in [2.45, 2.75) is 9.79 Å². The van der Waals surface area contributed by atoms with Crippen molar-refractivity contribution in [3.8, 4) is 11.3 Å². The van der Waals surface area contributed by atoms with E-state index in [1.54, 1.807) is 6.07 Å². The summed E-state index contributed by atoms with van der Waals surface area (Å²) in [6, 6.07) is 21.4. The fraction of sp³-hybridized carbons (Fsp3) is 0.0476. The molecule has 0 aliphatic heterocycles. The maximum Gasteiger partial charge on any atom is 0.210 e. The third kappa shape index (κ3) is 2.80. The number of sulfone groups is 1. The summed E-state index contributed by atoms with van der Waals surface area (Å²) in [6.45, 7) is 0. The van der Waals surface area contributed by atoms with Crippen molar-refractivity contribution in [2.24, 2.45) is 7.05 Å². The molecule has 0 aliphatic carbocycles. The lowest BCUT2D eigenvalue weighted by Gasteiger charge is -2.11. The number of nitrogens with zero attached hydrogens (tertiary/aromatic N) is 1. The number of anilines is 1. The van der Waals surface area contributed by atoms with E-state index in [0.29, 0.717) is 16.8 Å². The molecule has 0 saturated heterocycles. The van der Waals surface area contributed by atoms with Gasteiger partial charge in [0.25, 0.3) is 0 Å². The van der Waals surface area contributed by atoms with E-state index in [9.17, 15) is 8.42 Å². The molecule has 1 heterocycles. The molecule has 0 radical (unpaired) electrons. The van der Waals surface area contributed by atoms with E-state index in [1.165, 1.54) is 12.1 Å². The lowest BCUT2D eigenvalue weighted by Crippen LogP contribution is -2.06. The average Bonchev–Trinajstić information content (AvgIpc) is 2.98. The highest BCUT2D eigenvalue weighted by Gasteiger charge is 2.30. The normalized spacial score (nSPS) is 11.8. The first-order valence-electron chi connectivity index (χ1n) is 8.34. The molecule has 4 nitrogen and oxygen atoms in total. The number of nitrogen functional groups attached to an aromatic ring is 1. The van der Waals surface area contributed by atoms with Gasteiger partial charge in [0.1, 0.15) is 4.90 Å². The Bertz CT molecular complexity index is 1260. The highest BCUT2D eigenvalue weighted by atomic mass is 35.5. The maximum atomic E-state index is 13.7. The predicted octanol–water partition coefficient (Wildman–Crippen LogP) is 4.91. The average molecular weight is 397 g/mol. The van der Waals surface area contributed by atoms with Crippen molar-refractivity contribution in [1.82, 2.24) is 4.57 Å². The quantitative estimate of drug-likeness (QED) is 0.500. The summed E-state index contributed by atoms with van der Waals surface area (Å²) in [7, 11) is -2.04. The second-order valence-electron chi connectivity index (χ2n) is 6.31. The summed E-state index contributed by atoms with van der Waals surface area (Å²) in [5.41, 5.74) is 8.45. The number of para-hydroxylation sites is 1. The molecule has 1 aromatic heterocycles. The molecule has 0 fully saturated rings. The number of nitrogens with two attached hydrogens (primary N) is 1. The van der Waals surface area contributed by atoms with Crippen LogP contribution >= 0.6 is 11.6 Å². The minimum absolute atomic E-state index is 0.0118. The zero-order chi connectivity index (χ0) is 19.2. The van der Waals surface area contributed by atoms with E-state index in [-0.39, 0.29) is 14.8 Å². The van der Waals surface area contributed by atoms with Gasteiger partial charge in [0, 0.05) is 23.6 Å². The van der Waals surface area contributed by atoms with E-state index < -0.39 is 9.84 Å². The Morgan fingerprint density at radius 2 is 1.59 bits per heavy atom. The van der Waals surface area contributed by atoms with Crippen LogP contribution in [-0.2, 0) is 16.9 Å². The second-order valence-corrected chi connectivity index (χ2v) is 8.58.